The van der Waals surface area contributed by atoms with Gasteiger partial charge in [-0.05, 0) is 12.1 Å². The van der Waals surface area contributed by atoms with Gasteiger partial charge in [0.2, 0.25) is 0 Å². The van der Waals surface area contributed by atoms with E-state index in [1.54, 1.807) is 0 Å². The molecule has 0 aliphatic carbocycles. The average Bonchev–Trinajstić information content (AvgIpc) is 2.41. The summed E-state index contributed by atoms with van der Waals surface area (Å²) in [6.07, 6.45) is 2.66. The molecule has 0 saturated heterocycles. The van der Waals surface area contributed by atoms with Crippen LogP contribution in [0.3, 0.4) is 0 Å². The Hall–Kier alpha value is -2.61. The Balaban J connectivity index is 2.40. The van der Waals surface area contributed by atoms with Gasteiger partial charge in [-0.25, -0.2) is 24.6 Å². The van der Waals surface area contributed by atoms with Crippen LogP contribution in [-0.2, 0) is 0 Å². The molecule has 0 radical (unpaired) electrons. The summed E-state index contributed by atoms with van der Waals surface area (Å²) in [4.78, 5) is 7.57. The summed E-state index contributed by atoms with van der Waals surface area (Å²) in [5.74, 6) is 2.95. The number of amidine groups is 1. The van der Waals surface area contributed by atoms with Crippen LogP contribution in [0.1, 0.15) is 5.69 Å². The maximum atomic E-state index is 13.6. The lowest BCUT2D eigenvalue weighted by Gasteiger charge is -2.19. The van der Waals surface area contributed by atoms with Gasteiger partial charge >= 0.3 is 0 Å². The molecule has 8 heteroatoms. The molecule has 2 rings (SSSR count). The molecule has 0 unspecified atom stereocenters. The van der Waals surface area contributed by atoms with Gasteiger partial charge in [-0.15, -0.1) is 0 Å². The van der Waals surface area contributed by atoms with Crippen molar-refractivity contribution in [2.24, 2.45) is 5.84 Å². The molecule has 0 spiro atoms. The molecule has 0 aliphatic heterocycles. The van der Waals surface area contributed by atoms with Crippen molar-refractivity contribution in [3.8, 4) is 0 Å². The first kappa shape index (κ1) is 12.8. The Bertz CT molecular complexity index is 630. The minimum Gasteiger partial charge on any atom is -0.382 e. The highest BCUT2D eigenvalue weighted by atomic mass is 19.2. The quantitative estimate of drug-likeness (QED) is 0.325. The predicted molar refractivity (Wildman–Crippen MR) is 66.3 cm³/mol. The Labute approximate surface area is 107 Å². The van der Waals surface area contributed by atoms with E-state index in [2.05, 4.69) is 9.97 Å². The number of hydrogen-bond donors (Lipinski definition) is 3. The van der Waals surface area contributed by atoms with Gasteiger partial charge in [-0.1, -0.05) is 6.07 Å². The van der Waals surface area contributed by atoms with E-state index in [9.17, 15) is 8.78 Å². The first-order valence-electron chi connectivity index (χ1n) is 5.16. The molecule has 5 N–H and O–H groups in total. The zero-order valence-corrected chi connectivity index (χ0v) is 9.64. The van der Waals surface area contributed by atoms with Crippen LogP contribution in [0.5, 0.6) is 0 Å². The van der Waals surface area contributed by atoms with Gasteiger partial charge in [-0.2, -0.15) is 0 Å². The summed E-state index contributed by atoms with van der Waals surface area (Å²) < 4.78 is 26.7. The van der Waals surface area contributed by atoms with Crippen LogP contribution in [0.2, 0.25) is 0 Å². The maximum Gasteiger partial charge on any atom is 0.183 e. The number of benzene rings is 1. The molecule has 0 amide bonds. The lowest BCUT2D eigenvalue weighted by atomic mass is 10.2. The zero-order chi connectivity index (χ0) is 14.0. The molecular formula is C11H10F2N6. The standard InChI is InChI=1S/C11H10F2N6/c12-6-2-1-3-7(8(6)13)19(16)11(15)9-10(14)18-5-4-17-9/h1-5,15H,16H2,(H2,14,18). The third-order valence-electron chi connectivity index (χ3n) is 2.38. The van der Waals surface area contributed by atoms with Gasteiger partial charge in [0.15, 0.2) is 23.3 Å². The Morgan fingerprint density at radius 1 is 1.21 bits per heavy atom. The molecule has 0 fully saturated rings. The summed E-state index contributed by atoms with van der Waals surface area (Å²) in [5, 5.41) is 8.46. The minimum absolute atomic E-state index is 0.0198. The Morgan fingerprint density at radius 3 is 2.58 bits per heavy atom. The highest BCUT2D eigenvalue weighted by molar-refractivity contribution is 6.08. The number of rotatable bonds is 2. The summed E-state index contributed by atoms with van der Waals surface area (Å²) >= 11 is 0. The van der Waals surface area contributed by atoms with Gasteiger partial charge in [-0.3, -0.25) is 10.4 Å². The molecule has 0 aliphatic rings. The third kappa shape index (κ3) is 2.33. The van der Waals surface area contributed by atoms with E-state index in [-0.39, 0.29) is 17.2 Å². The van der Waals surface area contributed by atoms with E-state index in [1.165, 1.54) is 24.5 Å². The van der Waals surface area contributed by atoms with Crippen molar-refractivity contribution < 1.29 is 8.78 Å². The predicted octanol–water partition coefficient (Wildman–Crippen LogP) is 1.04. The molecular weight excluding hydrogens is 254 g/mol. The number of anilines is 2. The number of nitrogens with two attached hydrogens (primary N) is 2. The number of halogens is 2. The summed E-state index contributed by atoms with van der Waals surface area (Å²) in [6.45, 7) is 0. The highest BCUT2D eigenvalue weighted by Gasteiger charge is 2.19. The van der Waals surface area contributed by atoms with Crippen molar-refractivity contribution in [3.05, 3.63) is 47.9 Å². The van der Waals surface area contributed by atoms with Crippen LogP contribution in [0, 0.1) is 17.0 Å². The van der Waals surface area contributed by atoms with E-state index >= 15 is 0 Å². The van der Waals surface area contributed by atoms with Crippen molar-refractivity contribution in [1.82, 2.24) is 9.97 Å². The van der Waals surface area contributed by atoms with Crippen LogP contribution in [0.4, 0.5) is 20.3 Å². The zero-order valence-electron chi connectivity index (χ0n) is 9.64. The van der Waals surface area contributed by atoms with E-state index in [1.807, 2.05) is 0 Å². The summed E-state index contributed by atoms with van der Waals surface area (Å²) in [5.41, 5.74) is 5.22. The van der Waals surface area contributed by atoms with Crippen molar-refractivity contribution in [1.29, 1.82) is 5.41 Å². The van der Waals surface area contributed by atoms with Gasteiger partial charge < -0.3 is 5.73 Å². The number of nitrogens with one attached hydrogen (secondary N) is 1. The lowest BCUT2D eigenvalue weighted by Crippen LogP contribution is -2.39. The maximum absolute atomic E-state index is 13.6. The number of nitrogen functional groups attached to an aromatic ring is 1. The molecule has 98 valence electrons. The fourth-order valence-corrected chi connectivity index (χ4v) is 1.44. The minimum atomic E-state index is -1.16. The first-order chi connectivity index (χ1) is 9.02. The second-order valence-corrected chi connectivity index (χ2v) is 3.58. The van der Waals surface area contributed by atoms with E-state index < -0.39 is 17.5 Å². The van der Waals surface area contributed by atoms with Crippen molar-refractivity contribution in [3.63, 3.8) is 0 Å². The molecule has 0 bridgehead atoms. The average molecular weight is 264 g/mol. The highest BCUT2D eigenvalue weighted by Crippen LogP contribution is 2.21. The second-order valence-electron chi connectivity index (χ2n) is 3.58. The summed E-state index contributed by atoms with van der Waals surface area (Å²) in [7, 11) is 0. The van der Waals surface area contributed by atoms with Crippen LogP contribution in [0.15, 0.2) is 30.6 Å². The van der Waals surface area contributed by atoms with Crippen molar-refractivity contribution in [2.45, 2.75) is 0 Å². The fourth-order valence-electron chi connectivity index (χ4n) is 1.44. The normalized spacial score (nSPS) is 10.3. The van der Waals surface area contributed by atoms with Crippen LogP contribution >= 0.6 is 0 Å². The lowest BCUT2D eigenvalue weighted by molar-refractivity contribution is 0.509. The van der Waals surface area contributed by atoms with E-state index in [0.717, 1.165) is 6.07 Å². The van der Waals surface area contributed by atoms with Gasteiger partial charge in [0.1, 0.15) is 5.69 Å². The van der Waals surface area contributed by atoms with Gasteiger partial charge in [0.25, 0.3) is 0 Å². The first-order valence-corrected chi connectivity index (χ1v) is 5.16. The molecule has 6 nitrogen and oxygen atoms in total. The molecule has 2 aromatic rings. The molecule has 1 aromatic carbocycles. The summed E-state index contributed by atoms with van der Waals surface area (Å²) in [6, 6.07) is 3.47. The topological polar surface area (TPSA) is 105 Å². The molecule has 1 aromatic heterocycles. The van der Waals surface area contributed by atoms with E-state index in [4.69, 9.17) is 17.0 Å². The second kappa shape index (κ2) is 4.94. The Morgan fingerprint density at radius 2 is 1.89 bits per heavy atom. The largest absolute Gasteiger partial charge is 0.382 e. The van der Waals surface area contributed by atoms with Gasteiger partial charge in [0.05, 0.1) is 5.69 Å². The SMILES string of the molecule is N=C(c1nccnc1N)N(N)c1cccc(F)c1F. The molecule has 0 atom stereocenters. The molecule has 0 saturated carbocycles. The van der Waals surface area contributed by atoms with Crippen molar-refractivity contribution >= 4 is 17.3 Å². The Kier molecular flexibility index (Phi) is 3.34. The molecule has 1 heterocycles. The number of nitrogens with zero attached hydrogens (tertiary/aromatic N) is 3. The fraction of sp³-hybridized carbons (Fsp3) is 0. The van der Waals surface area contributed by atoms with Crippen LogP contribution < -0.4 is 16.6 Å². The number of hydrogen-bond acceptors (Lipinski definition) is 5. The van der Waals surface area contributed by atoms with Crippen LogP contribution in [-0.4, -0.2) is 15.8 Å². The van der Waals surface area contributed by atoms with Crippen LogP contribution in [0.25, 0.3) is 0 Å². The third-order valence-corrected chi connectivity index (χ3v) is 2.38. The number of hydrazine groups is 1. The monoisotopic (exact) mass is 264 g/mol. The molecule has 19 heavy (non-hydrogen) atoms. The van der Waals surface area contributed by atoms with Gasteiger partial charge in [0, 0.05) is 12.4 Å². The van der Waals surface area contributed by atoms with Crippen molar-refractivity contribution in [2.75, 3.05) is 10.7 Å². The smallest absolute Gasteiger partial charge is 0.183 e. The van der Waals surface area contributed by atoms with E-state index in [0.29, 0.717) is 5.01 Å². The number of aromatic nitrogens is 2.